The Bertz CT molecular complexity index is 742. The molecule has 0 amide bonds. The van der Waals surface area contributed by atoms with Crippen LogP contribution in [-0.4, -0.2) is 40.1 Å². The highest BCUT2D eigenvalue weighted by atomic mass is 16.4. The predicted molar refractivity (Wildman–Crippen MR) is 109 cm³/mol. The van der Waals surface area contributed by atoms with Crippen LogP contribution in [0.5, 0.6) is 0 Å². The number of hydrogen-bond donors (Lipinski definition) is 2. The summed E-state index contributed by atoms with van der Waals surface area (Å²) in [5.74, 6) is -1.15. The first kappa shape index (κ1) is 21.6. The molecule has 0 aliphatic rings. The summed E-state index contributed by atoms with van der Waals surface area (Å²) < 4.78 is 0. The Morgan fingerprint density at radius 3 is 1.96 bits per heavy atom. The van der Waals surface area contributed by atoms with E-state index in [0.29, 0.717) is 18.4 Å². The molecule has 5 heteroatoms. The van der Waals surface area contributed by atoms with Crippen molar-refractivity contribution in [3.8, 4) is 0 Å². The lowest BCUT2D eigenvalue weighted by Gasteiger charge is -2.21. The molecule has 0 heterocycles. The second-order valence-corrected chi connectivity index (χ2v) is 7.33. The van der Waals surface area contributed by atoms with Gasteiger partial charge in [-0.2, -0.15) is 0 Å². The van der Waals surface area contributed by atoms with E-state index in [9.17, 15) is 9.59 Å². The van der Waals surface area contributed by atoms with Crippen molar-refractivity contribution in [2.24, 2.45) is 0 Å². The average molecular weight is 383 g/mol. The van der Waals surface area contributed by atoms with Crippen LogP contribution >= 0.6 is 0 Å². The van der Waals surface area contributed by atoms with Crippen LogP contribution in [0.4, 0.5) is 0 Å². The summed E-state index contributed by atoms with van der Waals surface area (Å²) >= 11 is 0. The van der Waals surface area contributed by atoms with E-state index in [1.54, 1.807) is 0 Å². The Morgan fingerprint density at radius 2 is 1.46 bits per heavy atom. The minimum atomic E-state index is -1.03. The van der Waals surface area contributed by atoms with Gasteiger partial charge < -0.3 is 10.2 Å². The van der Waals surface area contributed by atoms with Gasteiger partial charge in [0.1, 0.15) is 0 Å². The standard InChI is InChI=1S/C23H29NO4/c1-3-19(21-7-5-4-6-8-21)13-17(2)20-11-9-18(10-12-20)14-24(15-22(25)26)16-23(27)28/h4-12,17,19H,3,13-16H2,1-2H3,(H,25,26)(H,27,28). The zero-order chi connectivity index (χ0) is 20.5. The Hall–Kier alpha value is -2.66. The van der Waals surface area contributed by atoms with Gasteiger partial charge in [0.2, 0.25) is 0 Å². The molecule has 28 heavy (non-hydrogen) atoms. The van der Waals surface area contributed by atoms with Gasteiger partial charge in [-0.25, -0.2) is 0 Å². The fourth-order valence-corrected chi connectivity index (χ4v) is 3.59. The largest absolute Gasteiger partial charge is 0.480 e. The lowest BCUT2D eigenvalue weighted by Crippen LogP contribution is -2.33. The van der Waals surface area contributed by atoms with Crippen molar-refractivity contribution < 1.29 is 19.8 Å². The fraction of sp³-hybridized carbons (Fsp3) is 0.391. The maximum Gasteiger partial charge on any atom is 0.317 e. The van der Waals surface area contributed by atoms with Gasteiger partial charge in [0.25, 0.3) is 0 Å². The van der Waals surface area contributed by atoms with Crippen molar-refractivity contribution >= 4 is 11.9 Å². The van der Waals surface area contributed by atoms with E-state index in [0.717, 1.165) is 18.4 Å². The van der Waals surface area contributed by atoms with Gasteiger partial charge in [0.05, 0.1) is 13.1 Å². The average Bonchev–Trinajstić information content (AvgIpc) is 2.66. The number of nitrogens with zero attached hydrogens (tertiary/aromatic N) is 1. The molecule has 2 unspecified atom stereocenters. The first-order valence-electron chi connectivity index (χ1n) is 9.68. The molecule has 0 saturated carbocycles. The first-order chi connectivity index (χ1) is 13.4. The van der Waals surface area contributed by atoms with Gasteiger partial charge in [0, 0.05) is 6.54 Å². The van der Waals surface area contributed by atoms with Crippen molar-refractivity contribution in [1.29, 1.82) is 0 Å². The molecule has 0 radical (unpaired) electrons. The molecule has 0 aromatic heterocycles. The van der Waals surface area contributed by atoms with Crippen LogP contribution in [0.1, 0.15) is 55.2 Å². The lowest BCUT2D eigenvalue weighted by atomic mass is 9.84. The second kappa shape index (κ2) is 10.6. The van der Waals surface area contributed by atoms with Gasteiger partial charge in [0.15, 0.2) is 0 Å². The predicted octanol–water partition coefficient (Wildman–Crippen LogP) is 4.35. The van der Waals surface area contributed by atoms with E-state index in [2.05, 4.69) is 50.2 Å². The van der Waals surface area contributed by atoms with Gasteiger partial charge in [-0.15, -0.1) is 0 Å². The Labute approximate surface area is 166 Å². The molecule has 0 saturated heterocycles. The maximum atomic E-state index is 10.9. The minimum absolute atomic E-state index is 0.292. The number of carboxylic acids is 2. The van der Waals surface area contributed by atoms with Crippen LogP contribution in [0.25, 0.3) is 0 Å². The first-order valence-corrected chi connectivity index (χ1v) is 9.68. The van der Waals surface area contributed by atoms with Crippen LogP contribution in [0.2, 0.25) is 0 Å². The zero-order valence-electron chi connectivity index (χ0n) is 16.5. The highest BCUT2D eigenvalue weighted by molar-refractivity contribution is 5.72. The third-order valence-electron chi connectivity index (χ3n) is 5.07. The monoisotopic (exact) mass is 383 g/mol. The van der Waals surface area contributed by atoms with Crippen molar-refractivity contribution in [3.05, 3.63) is 71.3 Å². The molecule has 0 bridgehead atoms. The number of benzene rings is 2. The smallest absolute Gasteiger partial charge is 0.317 e. The summed E-state index contributed by atoms with van der Waals surface area (Å²) in [5.41, 5.74) is 3.51. The number of hydrogen-bond acceptors (Lipinski definition) is 3. The summed E-state index contributed by atoms with van der Waals surface area (Å²) in [6.45, 7) is 4.16. The summed E-state index contributed by atoms with van der Waals surface area (Å²) in [4.78, 5) is 23.3. The summed E-state index contributed by atoms with van der Waals surface area (Å²) in [5, 5.41) is 17.9. The highest BCUT2D eigenvalue weighted by Crippen LogP contribution is 2.32. The summed E-state index contributed by atoms with van der Waals surface area (Å²) in [6, 6.07) is 18.6. The summed E-state index contributed by atoms with van der Waals surface area (Å²) in [6.07, 6.45) is 2.15. The number of carboxylic acid groups (broad SMARTS) is 2. The van der Waals surface area contributed by atoms with E-state index in [1.807, 2.05) is 18.2 Å². The lowest BCUT2D eigenvalue weighted by molar-refractivity contribution is -0.142. The molecule has 2 N–H and O–H groups in total. The van der Waals surface area contributed by atoms with Crippen LogP contribution in [-0.2, 0) is 16.1 Å². The molecule has 150 valence electrons. The normalized spacial score (nSPS) is 13.2. The fourth-order valence-electron chi connectivity index (χ4n) is 3.59. The molecule has 2 atom stereocenters. The van der Waals surface area contributed by atoms with Crippen LogP contribution in [0.3, 0.4) is 0 Å². The van der Waals surface area contributed by atoms with Gasteiger partial charge in [-0.3, -0.25) is 14.5 Å². The molecule has 0 spiro atoms. The molecule has 2 aromatic rings. The van der Waals surface area contributed by atoms with Crippen molar-refractivity contribution in [3.63, 3.8) is 0 Å². The molecule has 0 fully saturated rings. The van der Waals surface area contributed by atoms with E-state index < -0.39 is 11.9 Å². The Kier molecular flexibility index (Phi) is 8.20. The van der Waals surface area contributed by atoms with Crippen LogP contribution in [0.15, 0.2) is 54.6 Å². The van der Waals surface area contributed by atoms with Crippen LogP contribution in [0, 0.1) is 0 Å². The van der Waals surface area contributed by atoms with Gasteiger partial charge >= 0.3 is 11.9 Å². The Morgan fingerprint density at radius 1 is 0.893 bits per heavy atom. The highest BCUT2D eigenvalue weighted by Gasteiger charge is 2.16. The number of rotatable bonds is 11. The van der Waals surface area contributed by atoms with Gasteiger partial charge in [-0.1, -0.05) is 68.4 Å². The van der Waals surface area contributed by atoms with E-state index >= 15 is 0 Å². The van der Waals surface area contributed by atoms with Crippen molar-refractivity contribution in [1.82, 2.24) is 4.90 Å². The van der Waals surface area contributed by atoms with E-state index in [1.165, 1.54) is 16.0 Å². The molecule has 2 aromatic carbocycles. The summed E-state index contributed by atoms with van der Waals surface area (Å²) in [7, 11) is 0. The third kappa shape index (κ3) is 6.82. The van der Waals surface area contributed by atoms with Crippen molar-refractivity contribution in [2.45, 2.75) is 45.1 Å². The number of carbonyl (C=O) groups is 2. The molecule has 5 nitrogen and oxygen atoms in total. The molecular formula is C23H29NO4. The number of aliphatic carboxylic acids is 2. The Balaban J connectivity index is 2.02. The SMILES string of the molecule is CCC(CC(C)c1ccc(CN(CC(=O)O)CC(=O)O)cc1)c1ccccc1. The van der Waals surface area contributed by atoms with Crippen molar-refractivity contribution in [2.75, 3.05) is 13.1 Å². The second-order valence-electron chi connectivity index (χ2n) is 7.33. The minimum Gasteiger partial charge on any atom is -0.480 e. The molecule has 2 rings (SSSR count). The quantitative estimate of drug-likeness (QED) is 0.603. The molecule has 0 aliphatic heterocycles. The van der Waals surface area contributed by atoms with E-state index in [-0.39, 0.29) is 13.1 Å². The van der Waals surface area contributed by atoms with Crippen LogP contribution < -0.4 is 0 Å². The maximum absolute atomic E-state index is 10.9. The van der Waals surface area contributed by atoms with E-state index in [4.69, 9.17) is 10.2 Å². The molecular weight excluding hydrogens is 354 g/mol. The zero-order valence-corrected chi connectivity index (χ0v) is 16.5. The third-order valence-corrected chi connectivity index (χ3v) is 5.07. The molecule has 0 aliphatic carbocycles. The van der Waals surface area contributed by atoms with Gasteiger partial charge in [-0.05, 0) is 41.4 Å². The topological polar surface area (TPSA) is 77.8 Å².